The number of hydrogen-bond donors (Lipinski definition) is 1. The number of nitrogens with zero attached hydrogens (tertiary/aromatic N) is 2. The molecule has 0 aromatic heterocycles. The lowest BCUT2D eigenvalue weighted by molar-refractivity contribution is -0.137. The van der Waals surface area contributed by atoms with Gasteiger partial charge in [-0.25, -0.2) is 4.39 Å². The minimum absolute atomic E-state index is 0.143. The lowest BCUT2D eigenvalue weighted by Gasteiger charge is -2.31. The molecule has 148 valence electrons. The highest BCUT2D eigenvalue weighted by Gasteiger charge is 2.35. The molecule has 2 aromatic carbocycles. The van der Waals surface area contributed by atoms with Gasteiger partial charge in [0.25, 0.3) is 0 Å². The molecule has 8 heteroatoms. The predicted octanol–water partition coefficient (Wildman–Crippen LogP) is 4.59. The Kier molecular flexibility index (Phi) is 4.97. The highest BCUT2D eigenvalue weighted by Crippen LogP contribution is 2.39. The Morgan fingerprint density at radius 1 is 1.11 bits per heavy atom. The number of nitrogens with one attached hydrogen (secondary N) is 1. The Labute approximate surface area is 159 Å². The number of alkyl halides is 3. The number of benzene rings is 2. The Hall–Kier alpha value is -2.61. The molecule has 0 amide bonds. The maximum absolute atomic E-state index is 13.6. The molecule has 2 aliphatic rings. The smallest absolute Gasteiger partial charge is 0.384 e. The second-order valence-electron chi connectivity index (χ2n) is 6.80. The van der Waals surface area contributed by atoms with E-state index in [1.54, 1.807) is 23.2 Å². The summed E-state index contributed by atoms with van der Waals surface area (Å²) in [4.78, 5) is 5.93. The van der Waals surface area contributed by atoms with Crippen molar-refractivity contribution in [1.82, 2.24) is 0 Å². The average Bonchev–Trinajstić information content (AvgIpc) is 3.08. The third kappa shape index (κ3) is 3.82. The summed E-state index contributed by atoms with van der Waals surface area (Å²) in [7, 11) is 0. The first-order valence-electron chi connectivity index (χ1n) is 9.03. The van der Waals surface area contributed by atoms with Crippen molar-refractivity contribution in [2.45, 2.75) is 12.1 Å². The molecule has 0 saturated carbocycles. The van der Waals surface area contributed by atoms with Gasteiger partial charge in [-0.3, -0.25) is 4.99 Å². The average molecular weight is 393 g/mol. The Morgan fingerprint density at radius 3 is 2.64 bits per heavy atom. The molecule has 2 aromatic rings. The SMILES string of the molecule is Fc1ccc2c(c1)C(C=Nc1ccc(N3CCOCC3)c(C(F)(F)F)c1)CN2. The lowest BCUT2D eigenvalue weighted by atomic mass is 10.0. The monoisotopic (exact) mass is 393 g/mol. The van der Waals surface area contributed by atoms with E-state index in [9.17, 15) is 17.6 Å². The largest absolute Gasteiger partial charge is 0.418 e. The first kappa shape index (κ1) is 18.7. The molecule has 0 spiro atoms. The van der Waals surface area contributed by atoms with E-state index in [1.807, 2.05) is 0 Å². The van der Waals surface area contributed by atoms with Gasteiger partial charge in [-0.2, -0.15) is 13.2 Å². The molecule has 2 aliphatic heterocycles. The summed E-state index contributed by atoms with van der Waals surface area (Å²) in [6, 6.07) is 8.54. The highest BCUT2D eigenvalue weighted by molar-refractivity contribution is 5.79. The van der Waals surface area contributed by atoms with Gasteiger partial charge in [-0.05, 0) is 42.0 Å². The fourth-order valence-electron chi connectivity index (χ4n) is 3.55. The summed E-state index contributed by atoms with van der Waals surface area (Å²) in [5.41, 5.74) is 1.22. The number of aliphatic imine (C=N–C) groups is 1. The van der Waals surface area contributed by atoms with Gasteiger partial charge in [0.15, 0.2) is 0 Å². The molecule has 28 heavy (non-hydrogen) atoms. The highest BCUT2D eigenvalue weighted by atomic mass is 19.4. The summed E-state index contributed by atoms with van der Waals surface area (Å²) in [5.74, 6) is -0.547. The maximum atomic E-state index is 13.6. The second-order valence-corrected chi connectivity index (χ2v) is 6.80. The van der Waals surface area contributed by atoms with E-state index in [-0.39, 0.29) is 23.1 Å². The van der Waals surface area contributed by atoms with Crippen LogP contribution in [0.15, 0.2) is 41.4 Å². The van der Waals surface area contributed by atoms with Gasteiger partial charge in [0, 0.05) is 43.1 Å². The van der Waals surface area contributed by atoms with Crippen LogP contribution in [0, 0.1) is 5.82 Å². The van der Waals surface area contributed by atoms with Crippen LogP contribution in [-0.4, -0.2) is 39.1 Å². The van der Waals surface area contributed by atoms with E-state index in [1.165, 1.54) is 18.2 Å². The summed E-state index contributed by atoms with van der Waals surface area (Å²) in [6.07, 6.45) is -2.91. The Morgan fingerprint density at radius 2 is 1.89 bits per heavy atom. The molecule has 0 radical (unpaired) electrons. The molecule has 0 bridgehead atoms. The number of anilines is 2. The van der Waals surface area contributed by atoms with Crippen LogP contribution >= 0.6 is 0 Å². The van der Waals surface area contributed by atoms with Crippen molar-refractivity contribution in [2.24, 2.45) is 4.99 Å². The lowest BCUT2D eigenvalue weighted by Crippen LogP contribution is -2.37. The molecule has 1 unspecified atom stereocenters. The zero-order valence-corrected chi connectivity index (χ0v) is 15.0. The van der Waals surface area contributed by atoms with Gasteiger partial charge >= 0.3 is 6.18 Å². The first-order chi connectivity index (χ1) is 13.4. The van der Waals surface area contributed by atoms with Crippen LogP contribution < -0.4 is 10.2 Å². The van der Waals surface area contributed by atoms with Gasteiger partial charge in [0.1, 0.15) is 5.82 Å². The van der Waals surface area contributed by atoms with Crippen LogP contribution in [-0.2, 0) is 10.9 Å². The summed E-state index contributed by atoms with van der Waals surface area (Å²) < 4.78 is 59.5. The third-order valence-electron chi connectivity index (χ3n) is 4.97. The Balaban J connectivity index is 1.61. The van der Waals surface area contributed by atoms with Crippen molar-refractivity contribution in [2.75, 3.05) is 43.1 Å². The first-order valence-corrected chi connectivity index (χ1v) is 9.03. The normalized spacial score (nSPS) is 19.7. The van der Waals surface area contributed by atoms with Crippen LogP contribution in [0.1, 0.15) is 17.0 Å². The van der Waals surface area contributed by atoms with E-state index in [4.69, 9.17) is 4.74 Å². The minimum Gasteiger partial charge on any atom is -0.384 e. The van der Waals surface area contributed by atoms with Gasteiger partial charge in [-0.1, -0.05) is 0 Å². The van der Waals surface area contributed by atoms with Gasteiger partial charge in [0.2, 0.25) is 0 Å². The van der Waals surface area contributed by atoms with E-state index in [2.05, 4.69) is 10.3 Å². The molecule has 2 heterocycles. The molecule has 1 atom stereocenters. The fraction of sp³-hybridized carbons (Fsp3) is 0.350. The number of halogens is 4. The van der Waals surface area contributed by atoms with Crippen molar-refractivity contribution >= 4 is 23.3 Å². The minimum atomic E-state index is -4.48. The van der Waals surface area contributed by atoms with Gasteiger partial charge < -0.3 is 15.0 Å². The van der Waals surface area contributed by atoms with E-state index >= 15 is 0 Å². The molecule has 1 fully saturated rings. The molecular formula is C20H19F4N3O. The van der Waals surface area contributed by atoms with E-state index in [0.29, 0.717) is 32.8 Å². The number of hydrogen-bond acceptors (Lipinski definition) is 4. The fourth-order valence-corrected chi connectivity index (χ4v) is 3.55. The Bertz CT molecular complexity index is 892. The number of morpholine rings is 1. The molecular weight excluding hydrogens is 374 g/mol. The third-order valence-corrected chi connectivity index (χ3v) is 4.97. The van der Waals surface area contributed by atoms with Crippen molar-refractivity contribution in [1.29, 1.82) is 0 Å². The van der Waals surface area contributed by atoms with Crippen LogP contribution in [0.2, 0.25) is 0 Å². The maximum Gasteiger partial charge on any atom is 0.418 e. The number of ether oxygens (including phenoxy) is 1. The van der Waals surface area contributed by atoms with Crippen molar-refractivity contribution in [3.8, 4) is 0 Å². The number of rotatable bonds is 3. The molecule has 4 rings (SSSR count). The molecule has 4 nitrogen and oxygen atoms in total. The van der Waals surface area contributed by atoms with Gasteiger partial charge in [-0.15, -0.1) is 0 Å². The standard InChI is InChI=1S/C20H19F4N3O/c21-14-1-3-18-16(9-14)13(12-26-18)11-25-15-2-4-19(17(10-15)20(22,23)24)27-5-7-28-8-6-27/h1-4,9-11,13,26H,5-8,12H2. The number of fused-ring (bicyclic) bond motifs is 1. The summed E-state index contributed by atoms with van der Waals surface area (Å²) in [5, 5.41) is 3.15. The van der Waals surface area contributed by atoms with E-state index in [0.717, 1.165) is 17.3 Å². The van der Waals surface area contributed by atoms with E-state index < -0.39 is 11.7 Å². The van der Waals surface area contributed by atoms with Crippen molar-refractivity contribution < 1.29 is 22.3 Å². The van der Waals surface area contributed by atoms with Crippen molar-refractivity contribution in [3.05, 3.63) is 53.3 Å². The van der Waals surface area contributed by atoms with Gasteiger partial charge in [0.05, 0.1) is 24.5 Å². The molecule has 1 saturated heterocycles. The topological polar surface area (TPSA) is 36.9 Å². The molecule has 0 aliphatic carbocycles. The second kappa shape index (κ2) is 7.43. The van der Waals surface area contributed by atoms with Crippen molar-refractivity contribution in [3.63, 3.8) is 0 Å². The van der Waals surface area contributed by atoms with Crippen LogP contribution in [0.3, 0.4) is 0 Å². The van der Waals surface area contributed by atoms with Crippen LogP contribution in [0.25, 0.3) is 0 Å². The predicted molar refractivity (Wildman–Crippen MR) is 100 cm³/mol. The zero-order valence-electron chi connectivity index (χ0n) is 15.0. The zero-order chi connectivity index (χ0) is 19.7. The summed E-state index contributed by atoms with van der Waals surface area (Å²) >= 11 is 0. The van der Waals surface area contributed by atoms with Crippen LogP contribution in [0.5, 0.6) is 0 Å². The van der Waals surface area contributed by atoms with Crippen LogP contribution in [0.4, 0.5) is 34.6 Å². The summed E-state index contributed by atoms with van der Waals surface area (Å²) in [6.45, 7) is 2.17. The quantitative estimate of drug-likeness (QED) is 0.612. The molecule has 1 N–H and O–H groups in total.